The second kappa shape index (κ2) is 4.81. The largest absolute Gasteiger partial charge is 0.346 e. The van der Waals surface area contributed by atoms with E-state index in [0.717, 1.165) is 23.9 Å². The van der Waals surface area contributed by atoms with E-state index in [1.165, 1.54) is 18.5 Å². The van der Waals surface area contributed by atoms with E-state index in [0.29, 0.717) is 17.7 Å². The van der Waals surface area contributed by atoms with Crippen molar-refractivity contribution in [2.75, 3.05) is 19.6 Å². The molecule has 0 radical (unpaired) electrons. The zero-order valence-electron chi connectivity index (χ0n) is 12.2. The lowest BCUT2D eigenvalue weighted by Gasteiger charge is -2.22. The minimum absolute atomic E-state index is 0.0443. The predicted molar refractivity (Wildman–Crippen MR) is 82.3 cm³/mol. The molecule has 2 bridgehead atoms. The van der Waals surface area contributed by atoms with Crippen molar-refractivity contribution < 1.29 is 4.79 Å². The van der Waals surface area contributed by atoms with Gasteiger partial charge in [0.1, 0.15) is 5.69 Å². The van der Waals surface area contributed by atoms with Gasteiger partial charge < -0.3 is 10.2 Å². The van der Waals surface area contributed by atoms with E-state index in [2.05, 4.69) is 34.3 Å². The topological polar surface area (TPSA) is 45.2 Å². The van der Waals surface area contributed by atoms with Crippen LogP contribution in [-0.4, -0.2) is 41.5 Å². The third kappa shape index (κ3) is 2.29. The van der Waals surface area contributed by atoms with Crippen molar-refractivity contribution in [2.24, 2.45) is 5.92 Å². The van der Waals surface area contributed by atoms with Gasteiger partial charge in [0.15, 0.2) is 0 Å². The molecule has 4 heteroatoms. The summed E-state index contributed by atoms with van der Waals surface area (Å²) in [6.45, 7) is 5.37. The first-order valence-electron chi connectivity index (χ1n) is 7.59. The third-order valence-corrected chi connectivity index (χ3v) is 4.76. The van der Waals surface area contributed by atoms with Crippen LogP contribution in [0.2, 0.25) is 0 Å². The Labute approximate surface area is 124 Å². The third-order valence-electron chi connectivity index (χ3n) is 4.76. The van der Waals surface area contributed by atoms with Gasteiger partial charge in [0.2, 0.25) is 0 Å². The van der Waals surface area contributed by atoms with Gasteiger partial charge in [-0.3, -0.25) is 9.78 Å². The van der Waals surface area contributed by atoms with Crippen molar-refractivity contribution in [3.05, 3.63) is 41.7 Å². The molecule has 0 saturated carbocycles. The zero-order chi connectivity index (χ0) is 14.4. The maximum atomic E-state index is 12.4. The molecule has 3 heterocycles. The molecule has 108 valence electrons. The average molecular weight is 281 g/mol. The molecule has 1 N–H and O–H groups in total. The predicted octanol–water partition coefficient (Wildman–Crippen LogP) is 1.98. The van der Waals surface area contributed by atoms with Crippen molar-refractivity contribution in [1.82, 2.24) is 15.2 Å². The molecular formula is C17H19N3O. The highest BCUT2D eigenvalue weighted by atomic mass is 16.2. The molecule has 0 spiro atoms. The van der Waals surface area contributed by atoms with E-state index >= 15 is 0 Å². The van der Waals surface area contributed by atoms with Crippen LogP contribution >= 0.6 is 0 Å². The Morgan fingerprint density at radius 1 is 1.29 bits per heavy atom. The number of hydrogen-bond acceptors (Lipinski definition) is 3. The molecule has 1 aromatic carbocycles. The van der Waals surface area contributed by atoms with Gasteiger partial charge in [-0.1, -0.05) is 23.8 Å². The molecule has 4 nitrogen and oxygen atoms in total. The second-order valence-electron chi connectivity index (χ2n) is 6.31. The number of fused-ring (bicyclic) bond motifs is 3. The summed E-state index contributed by atoms with van der Waals surface area (Å²) in [5, 5.41) is 5.31. The summed E-state index contributed by atoms with van der Waals surface area (Å²) in [5.74, 6) is 0.578. The highest BCUT2D eigenvalue weighted by molar-refractivity contribution is 5.96. The first kappa shape index (κ1) is 12.8. The van der Waals surface area contributed by atoms with Crippen LogP contribution in [0.3, 0.4) is 0 Å². The summed E-state index contributed by atoms with van der Waals surface area (Å²) < 4.78 is 0. The van der Waals surface area contributed by atoms with Crippen LogP contribution in [0.15, 0.2) is 30.5 Å². The Kier molecular flexibility index (Phi) is 2.93. The number of piperidine rings is 1. The Balaban J connectivity index is 1.56. The molecular weight excluding hydrogens is 262 g/mol. The lowest BCUT2D eigenvalue weighted by atomic mass is 10.00. The summed E-state index contributed by atoms with van der Waals surface area (Å²) in [6.07, 6.45) is 2.99. The number of carbonyl (C=O) groups excluding carboxylic acids is 1. The molecule has 2 aliphatic heterocycles. The van der Waals surface area contributed by atoms with Crippen molar-refractivity contribution in [2.45, 2.75) is 19.4 Å². The van der Waals surface area contributed by atoms with Gasteiger partial charge in [0, 0.05) is 30.7 Å². The number of aryl methyl sites for hydroxylation is 1. The van der Waals surface area contributed by atoms with E-state index in [-0.39, 0.29) is 5.91 Å². The maximum Gasteiger partial charge on any atom is 0.270 e. The number of rotatable bonds is 2. The Bertz CT molecular complexity index is 712. The number of nitrogens with one attached hydrogen (secondary N) is 1. The Hall–Kier alpha value is -1.94. The summed E-state index contributed by atoms with van der Waals surface area (Å²) >= 11 is 0. The first-order valence-corrected chi connectivity index (χ1v) is 7.59. The van der Waals surface area contributed by atoms with Crippen LogP contribution in [0.4, 0.5) is 0 Å². The Morgan fingerprint density at radius 2 is 2.19 bits per heavy atom. The van der Waals surface area contributed by atoms with E-state index in [1.807, 2.05) is 12.1 Å². The monoisotopic (exact) mass is 281 g/mol. The van der Waals surface area contributed by atoms with Crippen LogP contribution < -0.4 is 5.32 Å². The molecule has 4 rings (SSSR count). The molecule has 2 saturated heterocycles. The van der Waals surface area contributed by atoms with E-state index in [1.54, 1.807) is 6.20 Å². The molecule has 2 aromatic rings. The van der Waals surface area contributed by atoms with Crippen LogP contribution in [0.5, 0.6) is 0 Å². The molecule has 1 aromatic heterocycles. The molecule has 0 aliphatic carbocycles. The summed E-state index contributed by atoms with van der Waals surface area (Å²) in [4.78, 5) is 19.2. The van der Waals surface area contributed by atoms with Crippen molar-refractivity contribution in [1.29, 1.82) is 0 Å². The number of nitrogens with zero attached hydrogens (tertiary/aromatic N) is 2. The molecule has 2 fully saturated rings. The average Bonchev–Trinajstić information content (AvgIpc) is 3.09. The lowest BCUT2D eigenvalue weighted by Crippen LogP contribution is -2.43. The van der Waals surface area contributed by atoms with Crippen molar-refractivity contribution >= 4 is 16.7 Å². The van der Waals surface area contributed by atoms with E-state index < -0.39 is 0 Å². The van der Waals surface area contributed by atoms with E-state index in [4.69, 9.17) is 0 Å². The number of carbonyl (C=O) groups is 1. The minimum atomic E-state index is -0.0443. The fourth-order valence-corrected chi connectivity index (χ4v) is 3.57. The van der Waals surface area contributed by atoms with Crippen LogP contribution in [-0.2, 0) is 0 Å². The SMILES string of the molecule is Cc1ccc2cnc(C(=O)NC3CN4CCC3C4)cc2c1. The zero-order valence-corrected chi connectivity index (χ0v) is 12.2. The van der Waals surface area contributed by atoms with Crippen LogP contribution in [0.1, 0.15) is 22.5 Å². The van der Waals surface area contributed by atoms with Gasteiger partial charge in [-0.05, 0) is 37.3 Å². The molecule has 3 unspecified atom stereocenters. The van der Waals surface area contributed by atoms with Crippen molar-refractivity contribution in [3.8, 4) is 0 Å². The second-order valence-corrected chi connectivity index (χ2v) is 6.31. The van der Waals surface area contributed by atoms with Gasteiger partial charge in [0.05, 0.1) is 0 Å². The van der Waals surface area contributed by atoms with Gasteiger partial charge in [-0.25, -0.2) is 0 Å². The molecule has 1 amide bonds. The first-order chi connectivity index (χ1) is 10.2. The Morgan fingerprint density at radius 3 is 2.95 bits per heavy atom. The minimum Gasteiger partial charge on any atom is -0.346 e. The van der Waals surface area contributed by atoms with Gasteiger partial charge in [-0.15, -0.1) is 0 Å². The number of pyridine rings is 1. The highest BCUT2D eigenvalue weighted by Crippen LogP contribution is 2.28. The number of benzene rings is 1. The van der Waals surface area contributed by atoms with Crippen LogP contribution in [0, 0.1) is 12.8 Å². The van der Waals surface area contributed by atoms with Crippen LogP contribution in [0.25, 0.3) is 10.8 Å². The normalized spacial score (nSPS) is 27.2. The maximum absolute atomic E-state index is 12.4. The standard InChI is InChI=1S/C17H19N3O/c1-11-2-3-12-8-18-15(7-14(12)6-11)17(21)19-16-10-20-5-4-13(16)9-20/h2-3,6-8,13,16H,4-5,9-10H2,1H3,(H,19,21). The fraction of sp³-hybridized carbons (Fsp3) is 0.412. The number of amides is 1. The smallest absolute Gasteiger partial charge is 0.270 e. The highest BCUT2D eigenvalue weighted by Gasteiger charge is 2.38. The number of hydrogen-bond donors (Lipinski definition) is 1. The lowest BCUT2D eigenvalue weighted by molar-refractivity contribution is 0.0919. The number of aromatic nitrogens is 1. The van der Waals surface area contributed by atoms with Crippen molar-refractivity contribution in [3.63, 3.8) is 0 Å². The quantitative estimate of drug-likeness (QED) is 0.915. The summed E-state index contributed by atoms with van der Waals surface area (Å²) in [6, 6.07) is 8.39. The van der Waals surface area contributed by atoms with Gasteiger partial charge in [0.25, 0.3) is 5.91 Å². The fourth-order valence-electron chi connectivity index (χ4n) is 3.57. The summed E-state index contributed by atoms with van der Waals surface area (Å²) in [7, 11) is 0. The molecule has 3 atom stereocenters. The molecule has 2 aliphatic rings. The van der Waals surface area contributed by atoms with Gasteiger partial charge in [-0.2, -0.15) is 0 Å². The summed E-state index contributed by atoms with van der Waals surface area (Å²) in [5.41, 5.74) is 1.71. The van der Waals surface area contributed by atoms with E-state index in [9.17, 15) is 4.79 Å². The molecule has 21 heavy (non-hydrogen) atoms. The van der Waals surface area contributed by atoms with Gasteiger partial charge >= 0.3 is 0 Å².